The molecule has 2 aliphatic heterocycles. The highest BCUT2D eigenvalue weighted by Gasteiger charge is 2.40. The van der Waals surface area contributed by atoms with Crippen LogP contribution >= 0.6 is 0 Å². The van der Waals surface area contributed by atoms with Gasteiger partial charge >= 0.3 is 12.2 Å². The molecule has 5 aromatic rings. The van der Waals surface area contributed by atoms with Gasteiger partial charge in [0.1, 0.15) is 23.8 Å². The number of aromatic amines is 2. The molecule has 0 spiro atoms. The predicted molar refractivity (Wildman–Crippen MR) is 210 cm³/mol. The van der Waals surface area contributed by atoms with Crippen molar-refractivity contribution < 1.29 is 38.1 Å². The van der Waals surface area contributed by atoms with Gasteiger partial charge in [-0.25, -0.2) is 19.6 Å². The smallest absolute Gasteiger partial charge is 0.407 e. The summed E-state index contributed by atoms with van der Waals surface area (Å²) in [6, 6.07) is 11.0. The van der Waals surface area contributed by atoms with Crippen LogP contribution in [0.5, 0.6) is 0 Å². The number of fused-ring (bicyclic) bond motifs is 3. The van der Waals surface area contributed by atoms with Crippen molar-refractivity contribution in [2.45, 2.75) is 76.0 Å². The van der Waals surface area contributed by atoms with Gasteiger partial charge in [0.05, 0.1) is 49.1 Å². The maximum Gasteiger partial charge on any atom is 0.407 e. The van der Waals surface area contributed by atoms with Crippen LogP contribution in [0.4, 0.5) is 9.59 Å². The van der Waals surface area contributed by atoms with E-state index in [1.165, 1.54) is 21.3 Å². The van der Waals surface area contributed by atoms with Crippen molar-refractivity contribution in [2.24, 2.45) is 12.8 Å². The van der Waals surface area contributed by atoms with E-state index < -0.39 is 36.5 Å². The van der Waals surface area contributed by atoms with Gasteiger partial charge in [-0.05, 0) is 51.7 Å². The van der Waals surface area contributed by atoms with E-state index in [0.29, 0.717) is 31.2 Å². The van der Waals surface area contributed by atoms with E-state index in [2.05, 4.69) is 61.2 Å². The fraction of sp³-hybridized carbons (Fsp3) is 0.450. The molecule has 0 aliphatic carbocycles. The van der Waals surface area contributed by atoms with Gasteiger partial charge in [0.25, 0.3) is 5.91 Å². The van der Waals surface area contributed by atoms with Crippen molar-refractivity contribution in [1.29, 1.82) is 0 Å². The molecule has 5 N–H and O–H groups in total. The number of rotatable bonds is 12. The molecule has 4 amide bonds. The van der Waals surface area contributed by atoms with Crippen molar-refractivity contribution in [3.63, 3.8) is 0 Å². The summed E-state index contributed by atoms with van der Waals surface area (Å²) in [5.41, 5.74) is 10.8. The first-order valence-electron chi connectivity index (χ1n) is 19.0. The summed E-state index contributed by atoms with van der Waals surface area (Å²) in [4.78, 5) is 70.6. The molecule has 2 fully saturated rings. The third-order valence-corrected chi connectivity index (χ3v) is 11.4. The summed E-state index contributed by atoms with van der Waals surface area (Å²) in [6.07, 6.45) is 2.40. The highest BCUT2D eigenvalue weighted by atomic mass is 16.6. The van der Waals surface area contributed by atoms with E-state index in [0.717, 1.165) is 63.6 Å². The number of likely N-dealkylation sites (tertiary alicyclic amines) is 2. The van der Waals surface area contributed by atoms with Crippen LogP contribution in [-0.4, -0.2) is 117 Å². The molecule has 6 atom stereocenters. The third kappa shape index (κ3) is 7.51. The second kappa shape index (κ2) is 16.3. The minimum atomic E-state index is -1.16. The Bertz CT molecular complexity index is 2300. The second-order valence-corrected chi connectivity index (χ2v) is 14.6. The Balaban J connectivity index is 1.11. The van der Waals surface area contributed by atoms with Crippen molar-refractivity contribution in [3.05, 3.63) is 60.4 Å². The van der Waals surface area contributed by atoms with Crippen LogP contribution in [0.25, 0.3) is 44.3 Å². The number of ether oxygens (including phenoxy) is 4. The van der Waals surface area contributed by atoms with E-state index in [-0.39, 0.29) is 23.9 Å². The maximum atomic E-state index is 13.7. The lowest BCUT2D eigenvalue weighted by Crippen LogP contribution is -2.54. The van der Waals surface area contributed by atoms with Crippen LogP contribution in [-0.2, 0) is 35.6 Å². The number of aromatic nitrogens is 5. The number of primary amides is 1. The second-order valence-electron chi connectivity index (χ2n) is 14.6. The standard InChI is InChI=1S/C40H49N9O8/c1-21(54-4)33(46-40(53)56-6)37(50)48-15-7-9-29(48)35-42-19-27(44-35)23-11-13-25-26-14-12-24(18-32(26)47(3)31(25)17-23)28-20-43-36(45-28)30-10-8-16-49(30)38(51)34(22(2)55-5)57-39(41)52/h11-14,17-22,29-30,33-34H,7-10,15-16H2,1-6H3,(H2,41,52)(H,42,44)(H,43,45)(H,46,53)/t21?,22-,29+,30+,33+,34+/m1/s1. The molecule has 2 saturated heterocycles. The number of methoxy groups -OCH3 is 3. The zero-order valence-electron chi connectivity index (χ0n) is 32.9. The van der Waals surface area contributed by atoms with Gasteiger partial charge in [-0.15, -0.1) is 0 Å². The number of nitrogens with zero attached hydrogens (tertiary/aromatic N) is 5. The SMILES string of the molecule is COC(=O)N[C@H](C(=O)N1CCC[C@H]1c1ncc(-c2ccc3c4ccc(-c5cnc([C@@H]6CCCN6C(=O)[C@@H](OC(N)=O)[C@@H](C)OC)[nH]5)cc4n(C)c3c2)[nH]1)C(C)OC. The minimum absolute atomic E-state index is 0.258. The van der Waals surface area contributed by atoms with Gasteiger partial charge in [-0.1, -0.05) is 24.3 Å². The summed E-state index contributed by atoms with van der Waals surface area (Å²) in [5, 5.41) is 4.81. The first-order chi connectivity index (χ1) is 27.4. The number of carbonyl (C=O) groups is 4. The number of benzene rings is 2. The number of carbonyl (C=O) groups excluding carboxylic acids is 4. The Morgan fingerprint density at radius 3 is 1.77 bits per heavy atom. The predicted octanol–water partition coefficient (Wildman–Crippen LogP) is 4.70. The molecule has 17 nitrogen and oxygen atoms in total. The molecular weight excluding hydrogens is 734 g/mol. The van der Waals surface area contributed by atoms with Crippen LogP contribution < -0.4 is 11.1 Å². The third-order valence-electron chi connectivity index (χ3n) is 11.4. The number of alkyl carbamates (subject to hydrolysis) is 1. The Morgan fingerprint density at radius 2 is 1.30 bits per heavy atom. The number of nitrogens with two attached hydrogens (primary N) is 1. The number of hydrogen-bond donors (Lipinski definition) is 4. The van der Waals surface area contributed by atoms with Crippen molar-refractivity contribution in [2.75, 3.05) is 34.4 Å². The number of hydrogen-bond acceptors (Lipinski definition) is 10. The van der Waals surface area contributed by atoms with Crippen LogP contribution in [0.1, 0.15) is 63.3 Å². The Morgan fingerprint density at radius 1 is 0.789 bits per heavy atom. The highest BCUT2D eigenvalue weighted by molar-refractivity contribution is 6.09. The zero-order valence-corrected chi connectivity index (χ0v) is 32.9. The largest absolute Gasteiger partial charge is 0.453 e. The molecule has 302 valence electrons. The van der Waals surface area contributed by atoms with Crippen LogP contribution in [0.15, 0.2) is 48.8 Å². The fourth-order valence-corrected chi connectivity index (χ4v) is 8.11. The van der Waals surface area contributed by atoms with Gasteiger partial charge in [-0.3, -0.25) is 9.59 Å². The van der Waals surface area contributed by atoms with Crippen molar-refractivity contribution in [1.82, 2.24) is 39.6 Å². The average Bonchev–Trinajstić information content (AvgIpc) is 4.08. The highest BCUT2D eigenvalue weighted by Crippen LogP contribution is 2.37. The van der Waals surface area contributed by atoms with Gasteiger partial charge in [0.15, 0.2) is 0 Å². The Kier molecular flexibility index (Phi) is 11.2. The lowest BCUT2D eigenvalue weighted by Gasteiger charge is -2.30. The van der Waals surface area contributed by atoms with Gasteiger partial charge < -0.3 is 54.3 Å². The van der Waals surface area contributed by atoms with Gasteiger partial charge in [-0.2, -0.15) is 0 Å². The first kappa shape index (κ1) is 39.3. The van der Waals surface area contributed by atoms with E-state index in [9.17, 15) is 19.2 Å². The molecule has 17 heteroatoms. The normalized spacial score (nSPS) is 19.1. The number of imidazole rings is 2. The summed E-state index contributed by atoms with van der Waals surface area (Å²) in [6.45, 7) is 4.40. The average molecular weight is 784 g/mol. The molecule has 2 aliphatic rings. The topological polar surface area (TPSA) is 212 Å². The number of H-pyrrole nitrogens is 2. The Labute approximate surface area is 329 Å². The minimum Gasteiger partial charge on any atom is -0.453 e. The van der Waals surface area contributed by atoms with E-state index in [4.69, 9.17) is 29.7 Å². The molecule has 0 saturated carbocycles. The van der Waals surface area contributed by atoms with E-state index in [1.54, 1.807) is 36.0 Å². The molecule has 1 unspecified atom stereocenters. The molecule has 3 aromatic heterocycles. The molecule has 2 aromatic carbocycles. The summed E-state index contributed by atoms with van der Waals surface area (Å²) in [5.74, 6) is 0.683. The van der Waals surface area contributed by atoms with Crippen molar-refractivity contribution >= 4 is 45.8 Å². The lowest BCUT2D eigenvalue weighted by molar-refractivity contribution is -0.148. The molecule has 5 heterocycles. The molecule has 0 radical (unpaired) electrons. The van der Waals surface area contributed by atoms with Gasteiger partial charge in [0, 0.05) is 67.3 Å². The molecule has 0 bridgehead atoms. The van der Waals surface area contributed by atoms with Crippen molar-refractivity contribution in [3.8, 4) is 22.5 Å². The van der Waals surface area contributed by atoms with Crippen LogP contribution in [0.2, 0.25) is 0 Å². The maximum absolute atomic E-state index is 13.7. The van der Waals surface area contributed by atoms with E-state index in [1.807, 2.05) is 7.05 Å². The summed E-state index contributed by atoms with van der Waals surface area (Å²) < 4.78 is 22.8. The summed E-state index contributed by atoms with van der Waals surface area (Å²) in [7, 11) is 6.23. The van der Waals surface area contributed by atoms with E-state index >= 15 is 0 Å². The summed E-state index contributed by atoms with van der Waals surface area (Å²) >= 11 is 0. The Hall–Kier alpha value is -5.94. The fourth-order valence-electron chi connectivity index (χ4n) is 8.11. The number of nitrogens with one attached hydrogen (secondary N) is 3. The quantitative estimate of drug-likeness (QED) is 0.137. The molecule has 57 heavy (non-hydrogen) atoms. The number of amides is 4. The number of aryl methyl sites for hydroxylation is 1. The first-order valence-corrected chi connectivity index (χ1v) is 19.0. The molecule has 7 rings (SSSR count). The van der Waals surface area contributed by atoms with Crippen LogP contribution in [0.3, 0.4) is 0 Å². The monoisotopic (exact) mass is 783 g/mol. The van der Waals surface area contributed by atoms with Gasteiger partial charge in [0.2, 0.25) is 12.0 Å². The van der Waals surface area contributed by atoms with Crippen LogP contribution in [0, 0.1) is 0 Å². The zero-order chi connectivity index (χ0) is 40.5. The molecular formula is C40H49N9O8. The lowest BCUT2D eigenvalue weighted by atomic mass is 10.1.